The number of esters is 1. The van der Waals surface area contributed by atoms with E-state index in [4.69, 9.17) is 9.15 Å². The number of fused-ring (bicyclic) bond motifs is 4. The lowest BCUT2D eigenvalue weighted by Gasteiger charge is -2.67. The van der Waals surface area contributed by atoms with Gasteiger partial charge in [0.25, 0.3) is 0 Å². The summed E-state index contributed by atoms with van der Waals surface area (Å²) in [6, 6.07) is 2.10. The zero-order chi connectivity index (χ0) is 18.9. The average Bonchev–Trinajstić information content (AvgIpc) is 3.03. The SMILES string of the molecule is CC(=O)O[C@H]1CCC(C)(C)[C@]2(O)CC[C@H]3[C@@H](C)c4ccoc4C[C@@H]3[C@@]12C. The molecule has 6 atom stereocenters. The van der Waals surface area contributed by atoms with Crippen molar-refractivity contribution >= 4 is 5.97 Å². The molecule has 3 aliphatic rings. The summed E-state index contributed by atoms with van der Waals surface area (Å²) in [7, 11) is 0. The summed E-state index contributed by atoms with van der Waals surface area (Å²) in [6.45, 7) is 10.3. The van der Waals surface area contributed by atoms with Crippen LogP contribution in [0.2, 0.25) is 0 Å². The molecule has 2 fully saturated rings. The fraction of sp³-hybridized carbons (Fsp3) is 0.773. The van der Waals surface area contributed by atoms with E-state index in [1.54, 1.807) is 6.26 Å². The van der Waals surface area contributed by atoms with Gasteiger partial charge in [0.15, 0.2) is 0 Å². The van der Waals surface area contributed by atoms with Gasteiger partial charge in [0.2, 0.25) is 0 Å². The Kier molecular flexibility index (Phi) is 3.90. The van der Waals surface area contributed by atoms with Crippen LogP contribution in [0.25, 0.3) is 0 Å². The van der Waals surface area contributed by atoms with Gasteiger partial charge in [-0.2, -0.15) is 0 Å². The number of ether oxygens (including phenoxy) is 1. The standard InChI is InChI=1S/C22H32O4/c1-13-15-6-10-22(24)20(3,4)9-7-19(26-14(2)23)21(22,5)17(15)12-18-16(13)8-11-25-18/h8,11,13,15,17,19,24H,6-7,9-10,12H2,1-5H3/t13-,15+,17+,19+,21+,22-/m1/s1. The topological polar surface area (TPSA) is 59.7 Å². The molecule has 4 rings (SSSR count). The number of carbonyl (C=O) groups excluding carboxylic acids is 1. The second-order valence-corrected chi connectivity index (χ2v) is 9.76. The predicted octanol–water partition coefficient (Wildman–Crippen LogP) is 4.45. The summed E-state index contributed by atoms with van der Waals surface area (Å²) in [5, 5.41) is 12.1. The third kappa shape index (κ3) is 2.14. The number of furan rings is 1. The smallest absolute Gasteiger partial charge is 0.302 e. The molecule has 144 valence electrons. The van der Waals surface area contributed by atoms with E-state index >= 15 is 0 Å². The minimum absolute atomic E-state index is 0.198. The molecule has 3 aliphatic carbocycles. The largest absolute Gasteiger partial charge is 0.469 e. The Morgan fingerprint density at radius 3 is 2.69 bits per heavy atom. The van der Waals surface area contributed by atoms with Gasteiger partial charge in [-0.05, 0) is 60.5 Å². The van der Waals surface area contributed by atoms with Crippen molar-refractivity contribution in [1.29, 1.82) is 0 Å². The first-order chi connectivity index (χ1) is 12.1. The maximum Gasteiger partial charge on any atom is 0.302 e. The molecule has 0 bridgehead atoms. The van der Waals surface area contributed by atoms with E-state index in [2.05, 4.69) is 33.8 Å². The predicted molar refractivity (Wildman–Crippen MR) is 98.7 cm³/mol. The van der Waals surface area contributed by atoms with Crippen molar-refractivity contribution in [2.45, 2.75) is 84.3 Å². The van der Waals surface area contributed by atoms with Crippen LogP contribution in [0.5, 0.6) is 0 Å². The Balaban J connectivity index is 1.84. The number of hydrogen-bond acceptors (Lipinski definition) is 4. The first-order valence-corrected chi connectivity index (χ1v) is 10.1. The van der Waals surface area contributed by atoms with Gasteiger partial charge in [-0.25, -0.2) is 0 Å². The van der Waals surface area contributed by atoms with Gasteiger partial charge < -0.3 is 14.3 Å². The summed E-state index contributed by atoms with van der Waals surface area (Å²) in [4.78, 5) is 11.9. The van der Waals surface area contributed by atoms with Gasteiger partial charge in [-0.3, -0.25) is 4.79 Å². The zero-order valence-corrected chi connectivity index (χ0v) is 16.7. The lowest BCUT2D eigenvalue weighted by Crippen LogP contribution is -2.71. The van der Waals surface area contributed by atoms with Crippen molar-refractivity contribution in [2.24, 2.45) is 22.7 Å². The molecule has 1 aromatic heterocycles. The van der Waals surface area contributed by atoms with E-state index < -0.39 is 11.0 Å². The molecule has 0 radical (unpaired) electrons. The van der Waals surface area contributed by atoms with Crippen LogP contribution < -0.4 is 0 Å². The second kappa shape index (κ2) is 5.60. The third-order valence-corrected chi connectivity index (χ3v) is 8.46. The van der Waals surface area contributed by atoms with Gasteiger partial charge >= 0.3 is 5.97 Å². The Bertz CT molecular complexity index is 719. The van der Waals surface area contributed by atoms with Crippen molar-refractivity contribution < 1.29 is 19.1 Å². The molecular weight excluding hydrogens is 328 g/mol. The van der Waals surface area contributed by atoms with E-state index in [0.717, 1.165) is 37.9 Å². The molecule has 1 aromatic rings. The van der Waals surface area contributed by atoms with Gasteiger partial charge in [0.1, 0.15) is 11.9 Å². The van der Waals surface area contributed by atoms with Crippen molar-refractivity contribution in [3.8, 4) is 0 Å². The fourth-order valence-electron chi connectivity index (χ4n) is 6.86. The van der Waals surface area contributed by atoms with Crippen molar-refractivity contribution in [2.75, 3.05) is 0 Å². The van der Waals surface area contributed by atoms with Crippen LogP contribution in [-0.4, -0.2) is 22.8 Å². The molecular formula is C22H32O4. The highest BCUT2D eigenvalue weighted by atomic mass is 16.5. The summed E-state index contributed by atoms with van der Waals surface area (Å²) in [5.74, 6) is 1.94. The van der Waals surface area contributed by atoms with E-state index in [-0.39, 0.29) is 23.4 Å². The van der Waals surface area contributed by atoms with E-state index in [0.29, 0.717) is 11.8 Å². The van der Waals surface area contributed by atoms with Crippen LogP contribution in [0.15, 0.2) is 16.7 Å². The van der Waals surface area contributed by atoms with Crippen molar-refractivity contribution in [3.05, 3.63) is 23.7 Å². The van der Waals surface area contributed by atoms with Crippen LogP contribution in [0.4, 0.5) is 0 Å². The number of aliphatic hydroxyl groups is 1. The molecule has 0 saturated heterocycles. The number of rotatable bonds is 1. The fourth-order valence-corrected chi connectivity index (χ4v) is 6.86. The molecule has 0 amide bonds. The van der Waals surface area contributed by atoms with Gasteiger partial charge in [-0.1, -0.05) is 27.7 Å². The monoisotopic (exact) mass is 360 g/mol. The minimum atomic E-state index is -0.844. The lowest BCUT2D eigenvalue weighted by molar-refractivity contribution is -0.279. The molecule has 0 unspecified atom stereocenters. The van der Waals surface area contributed by atoms with Crippen molar-refractivity contribution in [1.82, 2.24) is 0 Å². The van der Waals surface area contributed by atoms with E-state index in [1.807, 2.05) is 0 Å². The van der Waals surface area contributed by atoms with E-state index in [1.165, 1.54) is 12.5 Å². The summed E-state index contributed by atoms with van der Waals surface area (Å²) >= 11 is 0. The van der Waals surface area contributed by atoms with Gasteiger partial charge in [-0.15, -0.1) is 0 Å². The normalized spacial score (nSPS) is 43.8. The highest BCUT2D eigenvalue weighted by Gasteiger charge is 2.69. The Labute approximate surface area is 156 Å². The molecule has 2 saturated carbocycles. The minimum Gasteiger partial charge on any atom is -0.469 e. The van der Waals surface area contributed by atoms with Crippen molar-refractivity contribution in [3.63, 3.8) is 0 Å². The van der Waals surface area contributed by atoms with Crippen LogP contribution in [0, 0.1) is 22.7 Å². The Morgan fingerprint density at radius 1 is 1.27 bits per heavy atom. The quantitative estimate of drug-likeness (QED) is 0.752. The summed E-state index contributed by atoms with van der Waals surface area (Å²) in [5.41, 5.74) is -0.194. The average molecular weight is 360 g/mol. The summed E-state index contributed by atoms with van der Waals surface area (Å²) in [6.07, 6.45) is 5.84. The maximum atomic E-state index is 12.1. The highest BCUT2D eigenvalue weighted by Crippen LogP contribution is 2.67. The number of carbonyl (C=O) groups is 1. The molecule has 26 heavy (non-hydrogen) atoms. The first kappa shape index (κ1) is 18.1. The molecule has 1 N–H and O–H groups in total. The highest BCUT2D eigenvalue weighted by molar-refractivity contribution is 5.66. The lowest BCUT2D eigenvalue weighted by atomic mass is 9.40. The first-order valence-electron chi connectivity index (χ1n) is 10.1. The molecule has 0 aliphatic heterocycles. The molecule has 0 spiro atoms. The number of hydrogen-bond donors (Lipinski definition) is 1. The van der Waals surface area contributed by atoms with Gasteiger partial charge in [0, 0.05) is 18.8 Å². The molecule has 0 aromatic carbocycles. The van der Waals surface area contributed by atoms with E-state index in [9.17, 15) is 9.90 Å². The van der Waals surface area contributed by atoms with Crippen LogP contribution in [-0.2, 0) is 16.0 Å². The summed E-state index contributed by atoms with van der Waals surface area (Å²) < 4.78 is 11.7. The zero-order valence-electron chi connectivity index (χ0n) is 16.7. The Hall–Kier alpha value is -1.29. The van der Waals surface area contributed by atoms with Crippen LogP contribution >= 0.6 is 0 Å². The molecule has 4 heteroatoms. The second-order valence-electron chi connectivity index (χ2n) is 9.76. The van der Waals surface area contributed by atoms with Crippen LogP contribution in [0.1, 0.15) is 77.5 Å². The molecule has 1 heterocycles. The third-order valence-electron chi connectivity index (χ3n) is 8.46. The van der Waals surface area contributed by atoms with Crippen LogP contribution in [0.3, 0.4) is 0 Å². The molecule has 4 nitrogen and oxygen atoms in total. The Morgan fingerprint density at radius 2 is 2.00 bits per heavy atom. The maximum absolute atomic E-state index is 12.1. The van der Waals surface area contributed by atoms with Gasteiger partial charge in [0.05, 0.1) is 11.9 Å².